The number of guanidine groups is 1. The lowest BCUT2D eigenvalue weighted by molar-refractivity contribution is -0.384. The highest BCUT2D eigenvalue weighted by molar-refractivity contribution is 7.85. The van der Waals surface area contributed by atoms with Crippen LogP contribution in [0.25, 0.3) is 0 Å². The van der Waals surface area contributed by atoms with Crippen molar-refractivity contribution in [2.45, 2.75) is 6.92 Å². The van der Waals surface area contributed by atoms with E-state index in [4.69, 9.17) is 27.6 Å². The van der Waals surface area contributed by atoms with E-state index < -0.39 is 27.0 Å². The molecule has 0 bridgehead atoms. The van der Waals surface area contributed by atoms with Gasteiger partial charge in [-0.15, -0.1) is 0 Å². The highest BCUT2D eigenvalue weighted by atomic mass is 35.5. The van der Waals surface area contributed by atoms with Gasteiger partial charge < -0.3 is 16.8 Å². The molecule has 0 unspecified atom stereocenters. The summed E-state index contributed by atoms with van der Waals surface area (Å²) in [7, 11) is -3.66. The van der Waals surface area contributed by atoms with Crippen LogP contribution in [0.4, 0.5) is 16.2 Å². The molecule has 23 heavy (non-hydrogen) atoms. The lowest BCUT2D eigenvalue weighted by Gasteiger charge is -2.02. The molecule has 0 spiro atoms. The van der Waals surface area contributed by atoms with Gasteiger partial charge in [-0.2, -0.15) is 13.4 Å². The first-order valence-corrected chi connectivity index (χ1v) is 7.74. The third-order valence-electron chi connectivity index (χ3n) is 1.99. The summed E-state index contributed by atoms with van der Waals surface area (Å²) in [6.07, 6.45) is 0. The monoisotopic (exact) mass is 367 g/mol. The molecule has 0 heterocycles. The summed E-state index contributed by atoms with van der Waals surface area (Å²) in [6, 6.07) is 2.93. The van der Waals surface area contributed by atoms with E-state index in [9.17, 15) is 23.3 Å². The van der Waals surface area contributed by atoms with Crippen molar-refractivity contribution in [2.24, 2.45) is 16.5 Å². The second-order valence-electron chi connectivity index (χ2n) is 3.76. The Kier molecular flexibility index (Phi) is 7.93. The fraction of sp³-hybridized carbons (Fsp3) is 0.200. The lowest BCUT2D eigenvalue weighted by atomic mass is 10.3. The molecule has 13 heteroatoms. The first-order valence-electron chi connectivity index (χ1n) is 5.76. The average Bonchev–Trinajstić information content (AvgIpc) is 2.39. The minimum atomic E-state index is -3.66. The molecule has 0 atom stereocenters. The number of anilines is 1. The Labute approximate surface area is 136 Å². The second kappa shape index (κ2) is 8.87. The van der Waals surface area contributed by atoms with E-state index in [1.807, 2.05) is 0 Å². The molecule has 6 N–H and O–H groups in total. The molecule has 1 aromatic carbocycles. The number of hydrogen-bond donors (Lipinski definition) is 4. The highest BCUT2D eigenvalue weighted by Crippen LogP contribution is 2.27. The number of rotatable bonds is 3. The molecule has 0 aromatic heterocycles. The quantitative estimate of drug-likeness (QED) is 0.199. The number of carbonyl (C=O) groups is 1. The van der Waals surface area contributed by atoms with Gasteiger partial charge in [-0.1, -0.05) is 11.6 Å². The summed E-state index contributed by atoms with van der Waals surface area (Å²) >= 11 is 5.59. The fourth-order valence-corrected chi connectivity index (χ4v) is 1.19. The Morgan fingerprint density at radius 3 is 2.39 bits per heavy atom. The predicted molar refractivity (Wildman–Crippen MR) is 85.0 cm³/mol. The molecule has 0 radical (unpaired) electrons. The first-order chi connectivity index (χ1) is 10.5. The molecular weight excluding hydrogens is 354 g/mol. The van der Waals surface area contributed by atoms with Gasteiger partial charge in [0, 0.05) is 11.8 Å². The van der Waals surface area contributed by atoms with E-state index in [0.717, 1.165) is 6.07 Å². The maximum atomic E-state index is 11.1. The number of halogens is 1. The third kappa shape index (κ3) is 9.23. The van der Waals surface area contributed by atoms with Crippen molar-refractivity contribution in [1.82, 2.24) is 0 Å². The molecule has 128 valence electrons. The largest absolute Gasteiger partial charge is 0.370 e. The van der Waals surface area contributed by atoms with Gasteiger partial charge in [0.1, 0.15) is 5.02 Å². The van der Waals surface area contributed by atoms with Gasteiger partial charge in [-0.25, -0.2) is 4.79 Å². The summed E-state index contributed by atoms with van der Waals surface area (Å²) < 4.78 is 26.9. The SMILES string of the molecule is CCS(=O)(=O)O.NC(N)=NC(=O)Nc1ccc(Cl)c([N+](=O)[O-])c1. The number of nitrogens with two attached hydrogens (primary N) is 2. The van der Waals surface area contributed by atoms with Gasteiger partial charge in [-0.05, 0) is 19.1 Å². The molecular formula is C10H14ClN5O6S. The summed E-state index contributed by atoms with van der Waals surface area (Å²) in [5.41, 5.74) is 9.81. The second-order valence-corrected chi connectivity index (χ2v) is 5.91. The first kappa shape index (κ1) is 20.6. The van der Waals surface area contributed by atoms with Crippen molar-refractivity contribution in [1.29, 1.82) is 0 Å². The van der Waals surface area contributed by atoms with Crippen molar-refractivity contribution >= 4 is 45.1 Å². The van der Waals surface area contributed by atoms with E-state index in [2.05, 4.69) is 10.3 Å². The van der Waals surface area contributed by atoms with Crippen LogP contribution in [0, 0.1) is 10.1 Å². The molecule has 0 aliphatic rings. The van der Waals surface area contributed by atoms with Gasteiger partial charge in [0.15, 0.2) is 5.96 Å². The van der Waals surface area contributed by atoms with Crippen molar-refractivity contribution in [3.05, 3.63) is 33.3 Å². The lowest BCUT2D eigenvalue weighted by Crippen LogP contribution is -2.25. The molecule has 11 nitrogen and oxygen atoms in total. The normalized spacial score (nSPS) is 10.0. The molecule has 1 rings (SSSR count). The summed E-state index contributed by atoms with van der Waals surface area (Å²) in [5.74, 6) is -0.613. The van der Waals surface area contributed by atoms with Crippen molar-refractivity contribution < 1.29 is 22.7 Å². The molecule has 0 aliphatic carbocycles. The predicted octanol–water partition coefficient (Wildman–Crippen LogP) is 0.948. The third-order valence-corrected chi connectivity index (χ3v) is 3.04. The van der Waals surface area contributed by atoms with Crippen LogP contribution >= 0.6 is 11.6 Å². The van der Waals surface area contributed by atoms with Crippen molar-refractivity contribution in [2.75, 3.05) is 11.1 Å². The number of nitrogens with one attached hydrogen (secondary N) is 1. The average molecular weight is 368 g/mol. The summed E-state index contributed by atoms with van der Waals surface area (Å²) in [6.45, 7) is 1.37. The number of hydrogen-bond acceptors (Lipinski definition) is 5. The van der Waals surface area contributed by atoms with Crippen LogP contribution in [0.2, 0.25) is 5.02 Å². The number of benzene rings is 1. The maximum absolute atomic E-state index is 11.1. The zero-order chi connectivity index (χ0) is 18.2. The standard InChI is InChI=1S/C8H8ClN5O3.C2H6O3S/c9-5-2-1-4(3-6(5)14(16)17)12-8(15)13-7(10)11;1-2-6(3,4)5/h1-3H,(H5,10,11,12,13,15);2H2,1H3,(H,3,4,5). The van der Waals surface area contributed by atoms with Gasteiger partial charge in [0.25, 0.3) is 15.8 Å². The zero-order valence-corrected chi connectivity index (χ0v) is 13.3. The Hall–Kier alpha value is -2.44. The minimum absolute atomic E-state index is 0.0326. The number of amides is 2. The molecule has 1 aromatic rings. The topological polar surface area (TPSA) is 191 Å². The Balaban J connectivity index is 0.000000688. The van der Waals surface area contributed by atoms with Crippen LogP contribution in [0.3, 0.4) is 0 Å². The maximum Gasteiger partial charge on any atom is 0.348 e. The van der Waals surface area contributed by atoms with Crippen LogP contribution < -0.4 is 16.8 Å². The minimum Gasteiger partial charge on any atom is -0.370 e. The fourth-order valence-electron chi connectivity index (χ4n) is 0.999. The van der Waals surface area contributed by atoms with Crippen LogP contribution in [-0.2, 0) is 10.1 Å². The number of urea groups is 1. The van der Waals surface area contributed by atoms with Gasteiger partial charge in [0.05, 0.1) is 10.7 Å². The number of nitro groups is 1. The van der Waals surface area contributed by atoms with Crippen LogP contribution in [-0.4, -0.2) is 35.6 Å². The van der Waals surface area contributed by atoms with E-state index in [1.54, 1.807) is 0 Å². The van der Waals surface area contributed by atoms with Crippen LogP contribution in [0.1, 0.15) is 6.92 Å². The van der Waals surface area contributed by atoms with Crippen LogP contribution in [0.5, 0.6) is 0 Å². The van der Waals surface area contributed by atoms with E-state index >= 15 is 0 Å². The summed E-state index contributed by atoms with van der Waals surface area (Å²) in [4.78, 5) is 24.2. The van der Waals surface area contributed by atoms with Crippen LogP contribution in [0.15, 0.2) is 23.2 Å². The summed E-state index contributed by atoms with van der Waals surface area (Å²) in [5, 5.41) is 12.8. The number of nitrogens with zero attached hydrogens (tertiary/aromatic N) is 2. The highest BCUT2D eigenvalue weighted by Gasteiger charge is 2.13. The zero-order valence-electron chi connectivity index (χ0n) is 11.8. The number of aliphatic imine (C=N–C) groups is 1. The molecule has 0 saturated heterocycles. The van der Waals surface area contributed by atoms with Gasteiger partial charge >= 0.3 is 6.03 Å². The Morgan fingerprint density at radius 1 is 1.48 bits per heavy atom. The number of nitro benzene ring substituents is 1. The Morgan fingerprint density at radius 2 is 2.00 bits per heavy atom. The van der Waals surface area contributed by atoms with Crippen molar-refractivity contribution in [3.8, 4) is 0 Å². The van der Waals surface area contributed by atoms with E-state index in [-0.39, 0.29) is 22.2 Å². The molecule has 0 saturated carbocycles. The van der Waals surface area contributed by atoms with E-state index in [1.165, 1.54) is 19.1 Å². The van der Waals surface area contributed by atoms with Crippen molar-refractivity contribution in [3.63, 3.8) is 0 Å². The van der Waals surface area contributed by atoms with Gasteiger partial charge in [0.2, 0.25) is 0 Å². The molecule has 2 amide bonds. The van der Waals surface area contributed by atoms with E-state index in [0.29, 0.717) is 0 Å². The smallest absolute Gasteiger partial charge is 0.348 e. The van der Waals surface area contributed by atoms with Gasteiger partial charge in [-0.3, -0.25) is 14.7 Å². The number of carbonyl (C=O) groups excluding carboxylic acids is 1. The molecule has 0 aliphatic heterocycles. The Bertz CT molecular complexity index is 716. The molecule has 0 fully saturated rings.